The second-order valence-corrected chi connectivity index (χ2v) is 5.92. The first-order valence-corrected chi connectivity index (χ1v) is 8.21. The lowest BCUT2D eigenvalue weighted by Crippen LogP contribution is -2.45. The topological polar surface area (TPSA) is 66.8 Å². The molecule has 2 N–H and O–H groups in total. The summed E-state index contributed by atoms with van der Waals surface area (Å²) in [5.41, 5.74) is 0. The molecule has 1 heterocycles. The van der Waals surface area contributed by atoms with Crippen molar-refractivity contribution >= 4 is 5.97 Å². The fourth-order valence-corrected chi connectivity index (χ4v) is 2.70. The molecule has 0 saturated carbocycles. The summed E-state index contributed by atoms with van der Waals surface area (Å²) in [6.07, 6.45) is 10.00. The van der Waals surface area contributed by atoms with E-state index in [4.69, 9.17) is 4.74 Å². The van der Waals surface area contributed by atoms with Crippen LogP contribution in [0, 0.1) is 0 Å². The maximum atomic E-state index is 11.2. The summed E-state index contributed by atoms with van der Waals surface area (Å²) in [7, 11) is 0. The Morgan fingerprint density at radius 2 is 1.55 bits per heavy atom. The first-order valence-electron chi connectivity index (χ1n) is 8.21. The van der Waals surface area contributed by atoms with Crippen LogP contribution in [-0.2, 0) is 9.53 Å². The molecule has 4 nitrogen and oxygen atoms in total. The number of aliphatic hydroxyl groups is 2. The van der Waals surface area contributed by atoms with Crippen LogP contribution in [0.25, 0.3) is 0 Å². The van der Waals surface area contributed by atoms with Gasteiger partial charge in [-0.3, -0.25) is 0 Å². The number of hydrogen-bond donors (Lipinski definition) is 2. The lowest BCUT2D eigenvalue weighted by Gasteiger charge is -2.29. The zero-order valence-corrected chi connectivity index (χ0v) is 12.7. The summed E-state index contributed by atoms with van der Waals surface area (Å²) in [6, 6.07) is 0. The second-order valence-electron chi connectivity index (χ2n) is 5.92. The molecule has 0 amide bonds. The lowest BCUT2D eigenvalue weighted by atomic mass is 9.98. The van der Waals surface area contributed by atoms with Crippen molar-refractivity contribution < 1.29 is 19.7 Å². The number of unbranched alkanes of at least 4 members (excludes halogenated alkanes) is 8. The lowest BCUT2D eigenvalue weighted by molar-refractivity contribution is -0.179. The predicted molar refractivity (Wildman–Crippen MR) is 78.4 cm³/mol. The van der Waals surface area contributed by atoms with Gasteiger partial charge in [0.15, 0.2) is 6.10 Å². The number of hydrogen-bond acceptors (Lipinski definition) is 4. The predicted octanol–water partition coefficient (Wildman–Crippen LogP) is 2.94. The Morgan fingerprint density at radius 3 is 2.10 bits per heavy atom. The van der Waals surface area contributed by atoms with Crippen molar-refractivity contribution in [1.82, 2.24) is 0 Å². The normalized spacial score (nSPS) is 26.6. The van der Waals surface area contributed by atoms with E-state index in [1.807, 2.05) is 0 Å². The number of ether oxygens (including phenoxy) is 1. The highest BCUT2D eigenvalue weighted by atomic mass is 16.6. The third-order valence-corrected chi connectivity index (χ3v) is 4.02. The summed E-state index contributed by atoms with van der Waals surface area (Å²) in [5.74, 6) is -0.676. The number of rotatable bonds is 10. The number of carbonyl (C=O) groups excluding carboxylic acids is 1. The molecule has 0 radical (unpaired) electrons. The maximum absolute atomic E-state index is 11.2. The van der Waals surface area contributed by atoms with E-state index in [0.717, 1.165) is 19.3 Å². The van der Waals surface area contributed by atoms with Crippen LogP contribution in [0.3, 0.4) is 0 Å². The number of esters is 1. The summed E-state index contributed by atoms with van der Waals surface area (Å²) in [4.78, 5) is 11.2. The third-order valence-electron chi connectivity index (χ3n) is 4.02. The quantitative estimate of drug-likeness (QED) is 0.478. The van der Waals surface area contributed by atoms with Gasteiger partial charge in [0.25, 0.3) is 0 Å². The highest BCUT2D eigenvalue weighted by molar-refractivity contribution is 5.76. The maximum Gasteiger partial charge on any atom is 0.337 e. The van der Waals surface area contributed by atoms with Gasteiger partial charge in [-0.1, -0.05) is 58.3 Å². The molecule has 0 aromatic rings. The van der Waals surface area contributed by atoms with Gasteiger partial charge in [-0.25, -0.2) is 4.79 Å². The van der Waals surface area contributed by atoms with Crippen LogP contribution >= 0.6 is 0 Å². The monoisotopic (exact) mass is 286 g/mol. The minimum absolute atomic E-state index is 0.217. The van der Waals surface area contributed by atoms with Crippen molar-refractivity contribution in [3.05, 3.63) is 0 Å². The molecule has 118 valence electrons. The van der Waals surface area contributed by atoms with Gasteiger partial charge in [-0.05, 0) is 12.8 Å². The Kier molecular flexibility index (Phi) is 8.86. The van der Waals surface area contributed by atoms with E-state index in [1.165, 1.54) is 44.9 Å². The van der Waals surface area contributed by atoms with Crippen molar-refractivity contribution in [3.63, 3.8) is 0 Å². The molecule has 20 heavy (non-hydrogen) atoms. The van der Waals surface area contributed by atoms with Crippen molar-refractivity contribution in [2.75, 3.05) is 0 Å². The number of aliphatic hydroxyl groups excluding tert-OH is 2. The van der Waals surface area contributed by atoms with Crippen LogP contribution in [0.4, 0.5) is 0 Å². The highest BCUT2D eigenvalue weighted by Gasteiger charge is 2.35. The molecule has 1 rings (SSSR count). The van der Waals surface area contributed by atoms with Gasteiger partial charge in [0.1, 0.15) is 6.10 Å². The van der Waals surface area contributed by atoms with Gasteiger partial charge >= 0.3 is 5.97 Å². The van der Waals surface area contributed by atoms with Gasteiger partial charge < -0.3 is 14.9 Å². The Morgan fingerprint density at radius 1 is 1.00 bits per heavy atom. The fourth-order valence-electron chi connectivity index (χ4n) is 2.70. The zero-order valence-electron chi connectivity index (χ0n) is 12.7. The van der Waals surface area contributed by atoms with Crippen LogP contribution in [0.5, 0.6) is 0 Å². The molecule has 3 unspecified atom stereocenters. The third kappa shape index (κ3) is 6.71. The van der Waals surface area contributed by atoms with E-state index in [0.29, 0.717) is 6.42 Å². The Labute approximate surface area is 122 Å². The first kappa shape index (κ1) is 17.4. The average Bonchev–Trinajstić information content (AvgIpc) is 2.43. The molecular formula is C16H30O4. The SMILES string of the molecule is CCCCCCCCCCCC1CC(O)C(O)C(=O)O1. The van der Waals surface area contributed by atoms with Gasteiger partial charge in [-0.15, -0.1) is 0 Å². The van der Waals surface area contributed by atoms with E-state index >= 15 is 0 Å². The number of carbonyl (C=O) groups is 1. The first-order chi connectivity index (χ1) is 9.65. The molecule has 1 aliphatic rings. The molecule has 3 atom stereocenters. The van der Waals surface area contributed by atoms with Gasteiger partial charge in [0.05, 0.1) is 6.10 Å². The summed E-state index contributed by atoms with van der Waals surface area (Å²) in [5, 5.41) is 18.8. The molecule has 0 aromatic carbocycles. The molecule has 4 heteroatoms. The Hall–Kier alpha value is -0.610. The van der Waals surface area contributed by atoms with Crippen molar-refractivity contribution in [2.45, 2.75) is 95.9 Å². The van der Waals surface area contributed by atoms with E-state index in [1.54, 1.807) is 0 Å². The van der Waals surface area contributed by atoms with E-state index in [2.05, 4.69) is 6.92 Å². The summed E-state index contributed by atoms with van der Waals surface area (Å²) < 4.78 is 5.09. The van der Waals surface area contributed by atoms with Crippen LogP contribution in [0.1, 0.15) is 77.6 Å². The minimum atomic E-state index is -1.35. The van der Waals surface area contributed by atoms with E-state index in [9.17, 15) is 15.0 Å². The molecule has 0 aromatic heterocycles. The summed E-state index contributed by atoms with van der Waals surface area (Å²) in [6.45, 7) is 2.23. The smallest absolute Gasteiger partial charge is 0.337 e. The molecule has 1 aliphatic heterocycles. The van der Waals surface area contributed by atoms with Crippen LogP contribution in [0.2, 0.25) is 0 Å². The molecular weight excluding hydrogens is 256 g/mol. The zero-order chi connectivity index (χ0) is 14.8. The summed E-state index contributed by atoms with van der Waals surface area (Å²) >= 11 is 0. The van der Waals surface area contributed by atoms with E-state index < -0.39 is 18.2 Å². The van der Waals surface area contributed by atoms with Gasteiger partial charge in [0.2, 0.25) is 0 Å². The molecule has 0 spiro atoms. The minimum Gasteiger partial charge on any atom is -0.460 e. The number of cyclic esters (lactones) is 1. The van der Waals surface area contributed by atoms with Crippen molar-refractivity contribution in [3.8, 4) is 0 Å². The average molecular weight is 286 g/mol. The van der Waals surface area contributed by atoms with Crippen LogP contribution < -0.4 is 0 Å². The van der Waals surface area contributed by atoms with Gasteiger partial charge in [0, 0.05) is 6.42 Å². The van der Waals surface area contributed by atoms with Gasteiger partial charge in [-0.2, -0.15) is 0 Å². The van der Waals surface area contributed by atoms with Crippen LogP contribution in [0.15, 0.2) is 0 Å². The standard InChI is InChI=1S/C16H30O4/c1-2-3-4-5-6-7-8-9-10-11-13-12-14(17)15(18)16(19)20-13/h13-15,17-18H,2-12H2,1H3. The second kappa shape index (κ2) is 10.2. The molecule has 1 fully saturated rings. The van der Waals surface area contributed by atoms with Crippen LogP contribution in [-0.4, -0.2) is 34.5 Å². The highest BCUT2D eigenvalue weighted by Crippen LogP contribution is 2.21. The molecule has 0 aliphatic carbocycles. The Balaban J connectivity index is 1.95. The largest absolute Gasteiger partial charge is 0.460 e. The fraction of sp³-hybridized carbons (Fsp3) is 0.938. The van der Waals surface area contributed by atoms with E-state index in [-0.39, 0.29) is 6.10 Å². The van der Waals surface area contributed by atoms with Crippen molar-refractivity contribution in [2.24, 2.45) is 0 Å². The Bertz CT molecular complexity index is 267. The molecule has 0 bridgehead atoms. The van der Waals surface area contributed by atoms with Crippen molar-refractivity contribution in [1.29, 1.82) is 0 Å². The molecule has 1 saturated heterocycles.